The van der Waals surface area contributed by atoms with Crippen LogP contribution >= 0.6 is 34.8 Å². The highest BCUT2D eigenvalue weighted by atomic mass is 35.5. The van der Waals surface area contributed by atoms with Gasteiger partial charge in [0.25, 0.3) is 0 Å². The summed E-state index contributed by atoms with van der Waals surface area (Å²) in [7, 11) is -4.11. The molecule has 0 spiro atoms. The molecule has 0 aromatic heterocycles. The zero-order chi connectivity index (χ0) is 24.0. The number of carbonyl (C=O) groups is 1. The Hall–Kier alpha value is -2.29. The monoisotopic (exact) mass is 526 g/mol. The summed E-state index contributed by atoms with van der Waals surface area (Å²) in [5, 5.41) is 3.24. The molecule has 6 nitrogen and oxygen atoms in total. The first-order valence-electron chi connectivity index (χ1n) is 9.94. The fourth-order valence-electron chi connectivity index (χ4n) is 3.04. The molecule has 1 atom stereocenters. The minimum Gasteiger partial charge on any atom is -0.492 e. The number of carbonyl (C=O) groups excluding carboxylic acids is 1. The van der Waals surface area contributed by atoms with Crippen LogP contribution in [-0.4, -0.2) is 27.0 Å². The quantitative estimate of drug-likeness (QED) is 0.381. The smallest absolute Gasteiger partial charge is 0.242 e. The van der Waals surface area contributed by atoms with Gasteiger partial charge in [0.15, 0.2) is 0 Å². The lowest BCUT2D eigenvalue weighted by molar-refractivity contribution is -0.117. The molecule has 0 heterocycles. The first-order valence-corrected chi connectivity index (χ1v) is 12.6. The first-order chi connectivity index (χ1) is 15.7. The third-order valence-electron chi connectivity index (χ3n) is 4.62. The van der Waals surface area contributed by atoms with Crippen molar-refractivity contribution in [1.82, 2.24) is 4.72 Å². The second-order valence-electron chi connectivity index (χ2n) is 6.97. The van der Waals surface area contributed by atoms with Gasteiger partial charge in [-0.25, -0.2) is 8.42 Å². The Labute approximate surface area is 207 Å². The van der Waals surface area contributed by atoms with Gasteiger partial charge >= 0.3 is 0 Å². The summed E-state index contributed by atoms with van der Waals surface area (Å²) >= 11 is 18.5. The molecule has 1 amide bonds. The van der Waals surface area contributed by atoms with Crippen LogP contribution in [0.4, 0.5) is 5.69 Å². The van der Waals surface area contributed by atoms with E-state index < -0.39 is 22.0 Å². The molecule has 3 rings (SSSR count). The maximum Gasteiger partial charge on any atom is 0.242 e. The van der Waals surface area contributed by atoms with Crippen LogP contribution in [0, 0.1) is 0 Å². The average Bonchev–Trinajstić information content (AvgIpc) is 2.78. The minimum absolute atomic E-state index is 0.0960. The minimum atomic E-state index is -4.11. The first kappa shape index (κ1) is 25.3. The molecule has 0 aliphatic carbocycles. The van der Waals surface area contributed by atoms with Crippen molar-refractivity contribution in [2.75, 3.05) is 11.9 Å². The number of amides is 1. The number of anilines is 1. The van der Waals surface area contributed by atoms with E-state index in [9.17, 15) is 13.2 Å². The number of rotatable bonds is 9. The van der Waals surface area contributed by atoms with Crippen LogP contribution in [0.5, 0.6) is 5.75 Å². The predicted octanol–water partition coefficient (Wildman–Crippen LogP) is 5.57. The van der Waals surface area contributed by atoms with E-state index in [0.29, 0.717) is 12.4 Å². The number of ether oxygens (including phenoxy) is 1. The Kier molecular flexibility index (Phi) is 8.62. The number of hydrogen-bond donors (Lipinski definition) is 2. The van der Waals surface area contributed by atoms with Crippen molar-refractivity contribution in [3.8, 4) is 5.75 Å². The van der Waals surface area contributed by atoms with Gasteiger partial charge in [0.1, 0.15) is 11.8 Å². The van der Waals surface area contributed by atoms with E-state index in [4.69, 9.17) is 39.5 Å². The van der Waals surface area contributed by atoms with Crippen LogP contribution < -0.4 is 14.8 Å². The molecule has 10 heteroatoms. The van der Waals surface area contributed by atoms with Crippen molar-refractivity contribution in [1.29, 1.82) is 0 Å². The molecule has 0 aliphatic rings. The van der Waals surface area contributed by atoms with Crippen LogP contribution in [0.3, 0.4) is 0 Å². The van der Waals surface area contributed by atoms with Gasteiger partial charge in [0.2, 0.25) is 15.9 Å². The molecule has 0 saturated carbocycles. The Balaban J connectivity index is 1.90. The van der Waals surface area contributed by atoms with Crippen molar-refractivity contribution in [2.45, 2.75) is 24.3 Å². The molecule has 0 saturated heterocycles. The summed E-state index contributed by atoms with van der Waals surface area (Å²) in [6.45, 7) is 2.18. The Morgan fingerprint density at radius 3 is 2.21 bits per heavy atom. The van der Waals surface area contributed by atoms with E-state index in [-0.39, 0.29) is 32.1 Å². The van der Waals surface area contributed by atoms with Gasteiger partial charge in [-0.3, -0.25) is 4.79 Å². The number of benzene rings is 3. The number of halogens is 3. The topological polar surface area (TPSA) is 84.5 Å². The van der Waals surface area contributed by atoms with Crippen molar-refractivity contribution in [3.05, 3.63) is 87.4 Å². The van der Waals surface area contributed by atoms with Gasteiger partial charge in [-0.15, -0.1) is 0 Å². The highest BCUT2D eigenvalue weighted by Gasteiger charge is 2.27. The maximum atomic E-state index is 13.1. The SMILES string of the molecule is CCOc1ccc(S(=O)(=O)N[C@@H](Cc2ccccc2)C(=O)Nc2c(Cl)cccc2Cl)cc1Cl. The molecule has 174 valence electrons. The maximum absolute atomic E-state index is 13.1. The van der Waals surface area contributed by atoms with Gasteiger partial charge < -0.3 is 10.1 Å². The summed E-state index contributed by atoms with van der Waals surface area (Å²) in [6, 6.07) is 16.8. The summed E-state index contributed by atoms with van der Waals surface area (Å²) in [6.07, 6.45) is 0.0960. The van der Waals surface area contributed by atoms with E-state index in [1.807, 2.05) is 6.07 Å². The van der Waals surface area contributed by atoms with Crippen LogP contribution in [0.25, 0.3) is 0 Å². The van der Waals surface area contributed by atoms with Gasteiger partial charge in [-0.1, -0.05) is 71.2 Å². The van der Waals surface area contributed by atoms with Gasteiger partial charge in [-0.2, -0.15) is 4.72 Å². The zero-order valence-electron chi connectivity index (χ0n) is 17.5. The van der Waals surface area contributed by atoms with Crippen molar-refractivity contribution in [2.24, 2.45) is 0 Å². The molecule has 0 bridgehead atoms. The Bertz CT molecular complexity index is 1220. The number of nitrogens with one attached hydrogen (secondary N) is 2. The van der Waals surface area contributed by atoms with E-state index in [0.717, 1.165) is 5.56 Å². The summed E-state index contributed by atoms with van der Waals surface area (Å²) in [5.74, 6) is -0.250. The summed E-state index contributed by atoms with van der Waals surface area (Å²) < 4.78 is 34.0. The molecule has 33 heavy (non-hydrogen) atoms. The molecule has 0 aliphatic heterocycles. The lowest BCUT2D eigenvalue weighted by atomic mass is 10.1. The zero-order valence-corrected chi connectivity index (χ0v) is 20.6. The van der Waals surface area contributed by atoms with Crippen LogP contribution in [0.15, 0.2) is 71.6 Å². The molecule has 3 aromatic rings. The number of sulfonamides is 1. The Morgan fingerprint density at radius 1 is 0.939 bits per heavy atom. The molecule has 2 N–H and O–H groups in total. The van der Waals surface area contributed by atoms with Crippen LogP contribution in [-0.2, 0) is 21.2 Å². The molecular formula is C23H21Cl3N2O4S. The summed E-state index contributed by atoms with van der Waals surface area (Å²) in [4.78, 5) is 13.0. The highest BCUT2D eigenvalue weighted by Crippen LogP contribution is 2.30. The number of hydrogen-bond acceptors (Lipinski definition) is 4. The van der Waals surface area contributed by atoms with Crippen molar-refractivity contribution >= 4 is 56.4 Å². The lowest BCUT2D eigenvalue weighted by Crippen LogP contribution is -2.45. The average molecular weight is 528 g/mol. The molecular weight excluding hydrogens is 507 g/mol. The fourth-order valence-corrected chi connectivity index (χ4v) is 5.05. The molecule has 3 aromatic carbocycles. The van der Waals surface area contributed by atoms with E-state index >= 15 is 0 Å². The van der Waals surface area contributed by atoms with Crippen molar-refractivity contribution in [3.63, 3.8) is 0 Å². The fraction of sp³-hybridized carbons (Fsp3) is 0.174. The molecule has 0 unspecified atom stereocenters. The molecule has 0 fully saturated rings. The van der Waals surface area contributed by atoms with E-state index in [1.54, 1.807) is 49.4 Å². The third kappa shape index (κ3) is 6.62. The second kappa shape index (κ2) is 11.2. The summed E-state index contributed by atoms with van der Waals surface area (Å²) in [5.41, 5.74) is 0.961. The molecule has 0 radical (unpaired) electrons. The standard InChI is InChI=1S/C23H21Cl3N2O4S/c1-2-32-21-12-11-16(14-19(21)26)33(30,31)28-20(13-15-7-4-3-5-8-15)23(29)27-22-17(24)9-6-10-18(22)25/h3-12,14,20,28H,2,13H2,1H3,(H,27,29)/t20-/m0/s1. The third-order valence-corrected chi connectivity index (χ3v) is 7.02. The lowest BCUT2D eigenvalue weighted by Gasteiger charge is -2.20. The van der Waals surface area contributed by atoms with Crippen molar-refractivity contribution < 1.29 is 17.9 Å². The normalized spacial score (nSPS) is 12.2. The van der Waals surface area contributed by atoms with E-state index in [1.165, 1.54) is 18.2 Å². The predicted molar refractivity (Wildman–Crippen MR) is 132 cm³/mol. The van der Waals surface area contributed by atoms with Gasteiger partial charge in [-0.05, 0) is 49.2 Å². The van der Waals surface area contributed by atoms with Crippen LogP contribution in [0.2, 0.25) is 15.1 Å². The largest absolute Gasteiger partial charge is 0.492 e. The number of para-hydroxylation sites is 1. The Morgan fingerprint density at radius 2 is 1.61 bits per heavy atom. The van der Waals surface area contributed by atoms with Crippen LogP contribution in [0.1, 0.15) is 12.5 Å². The highest BCUT2D eigenvalue weighted by molar-refractivity contribution is 7.89. The van der Waals surface area contributed by atoms with Gasteiger partial charge in [0.05, 0.1) is 32.3 Å². The second-order valence-corrected chi connectivity index (χ2v) is 9.91. The van der Waals surface area contributed by atoms with Gasteiger partial charge in [0, 0.05) is 0 Å². The van der Waals surface area contributed by atoms with E-state index in [2.05, 4.69) is 10.0 Å².